The zero-order valence-electron chi connectivity index (χ0n) is 36.2. The van der Waals surface area contributed by atoms with Gasteiger partial charge in [-0.3, -0.25) is 0 Å². The molecule has 8 aromatic rings. The van der Waals surface area contributed by atoms with Gasteiger partial charge in [-0.25, -0.2) is 0 Å². The van der Waals surface area contributed by atoms with E-state index in [1.807, 2.05) is 18.2 Å². The van der Waals surface area contributed by atoms with Gasteiger partial charge in [-0.2, -0.15) is 0 Å². The number of nitrogens with zero attached hydrogens (tertiary/aromatic N) is 2. The Hall–Kier alpha value is -7.68. The Labute approximate surface area is 374 Å². The predicted molar refractivity (Wildman–Crippen MR) is 273 cm³/mol. The Bertz CT molecular complexity index is 2760. The van der Waals surface area contributed by atoms with Gasteiger partial charge in [0.15, 0.2) is 0 Å². The van der Waals surface area contributed by atoms with Gasteiger partial charge in [-0.05, 0) is 149 Å². The molecule has 0 fully saturated rings. The second kappa shape index (κ2) is 19.8. The first-order valence-corrected chi connectivity index (χ1v) is 21.7. The summed E-state index contributed by atoms with van der Waals surface area (Å²) in [6.07, 6.45) is 8.36. The normalized spacial score (nSPS) is 11.3. The molecule has 2 heteroatoms. The Morgan fingerprint density at radius 2 is 0.794 bits per heavy atom. The molecule has 0 spiro atoms. The zero-order chi connectivity index (χ0) is 43.5. The van der Waals surface area contributed by atoms with E-state index in [4.69, 9.17) is 0 Å². The molecule has 308 valence electrons. The number of anilines is 6. The van der Waals surface area contributed by atoms with Gasteiger partial charge < -0.3 is 9.80 Å². The van der Waals surface area contributed by atoms with Crippen LogP contribution in [0, 0.1) is 6.92 Å². The molecule has 0 amide bonds. The SMILES string of the molecule is C=Cc1ccc(C(CCc2ccc(N(c3ccc(C)cc3)c3ccc(C=C)cc3)cc2)c2ccc(CC(=C)c3ccc(N(c4ccccc4)c4ccc(C=C)cc4)cc3)cc2)cc1. The van der Waals surface area contributed by atoms with Crippen molar-refractivity contribution in [3.8, 4) is 0 Å². The van der Waals surface area contributed by atoms with Crippen molar-refractivity contribution in [2.45, 2.75) is 32.1 Å². The van der Waals surface area contributed by atoms with Gasteiger partial charge in [0.25, 0.3) is 0 Å². The van der Waals surface area contributed by atoms with Crippen LogP contribution < -0.4 is 9.80 Å². The molecular formula is C61H54N2. The van der Waals surface area contributed by atoms with Gasteiger partial charge in [0.1, 0.15) is 0 Å². The van der Waals surface area contributed by atoms with Crippen molar-refractivity contribution >= 4 is 57.9 Å². The first-order chi connectivity index (χ1) is 30.9. The molecule has 0 saturated heterocycles. The Morgan fingerprint density at radius 3 is 1.25 bits per heavy atom. The largest absolute Gasteiger partial charge is 0.311 e. The molecule has 0 aliphatic rings. The molecule has 2 nitrogen and oxygen atoms in total. The molecule has 63 heavy (non-hydrogen) atoms. The molecule has 1 unspecified atom stereocenters. The number of hydrogen-bond donors (Lipinski definition) is 0. The number of para-hydroxylation sites is 1. The summed E-state index contributed by atoms with van der Waals surface area (Å²) in [4.78, 5) is 4.59. The van der Waals surface area contributed by atoms with E-state index in [0.29, 0.717) is 0 Å². The van der Waals surface area contributed by atoms with Crippen LogP contribution in [0.1, 0.15) is 62.4 Å². The third-order valence-electron chi connectivity index (χ3n) is 11.9. The van der Waals surface area contributed by atoms with Gasteiger partial charge in [0.2, 0.25) is 0 Å². The van der Waals surface area contributed by atoms with Gasteiger partial charge in [0, 0.05) is 40.0 Å². The van der Waals surface area contributed by atoms with Crippen molar-refractivity contribution in [3.63, 3.8) is 0 Å². The highest BCUT2D eigenvalue weighted by atomic mass is 15.1. The molecule has 0 aliphatic heterocycles. The lowest BCUT2D eigenvalue weighted by Gasteiger charge is -2.26. The molecule has 1 atom stereocenters. The highest BCUT2D eigenvalue weighted by Gasteiger charge is 2.18. The van der Waals surface area contributed by atoms with Crippen LogP contribution in [0.25, 0.3) is 23.8 Å². The van der Waals surface area contributed by atoms with Crippen LogP contribution in [0.3, 0.4) is 0 Å². The minimum absolute atomic E-state index is 0.237. The topological polar surface area (TPSA) is 6.48 Å². The lowest BCUT2D eigenvalue weighted by Crippen LogP contribution is -2.10. The molecule has 0 aliphatic carbocycles. The monoisotopic (exact) mass is 814 g/mol. The molecule has 8 rings (SSSR count). The zero-order valence-corrected chi connectivity index (χ0v) is 36.2. The van der Waals surface area contributed by atoms with E-state index in [-0.39, 0.29) is 5.92 Å². The van der Waals surface area contributed by atoms with E-state index in [0.717, 1.165) is 81.2 Å². The fourth-order valence-corrected chi connectivity index (χ4v) is 8.26. The Morgan fingerprint density at radius 1 is 0.429 bits per heavy atom. The van der Waals surface area contributed by atoms with Gasteiger partial charge >= 0.3 is 0 Å². The molecule has 0 bridgehead atoms. The Balaban J connectivity index is 0.980. The molecule has 0 saturated carbocycles. The number of allylic oxidation sites excluding steroid dienone is 1. The third kappa shape index (κ3) is 10.1. The number of benzene rings is 8. The van der Waals surface area contributed by atoms with Crippen molar-refractivity contribution in [2.24, 2.45) is 0 Å². The van der Waals surface area contributed by atoms with Crippen molar-refractivity contribution < 1.29 is 0 Å². The van der Waals surface area contributed by atoms with Crippen LogP contribution in [-0.2, 0) is 12.8 Å². The van der Waals surface area contributed by atoms with Crippen LogP contribution in [0.15, 0.2) is 227 Å². The lowest BCUT2D eigenvalue weighted by molar-refractivity contribution is 0.715. The summed E-state index contributed by atoms with van der Waals surface area (Å²) < 4.78 is 0. The predicted octanol–water partition coefficient (Wildman–Crippen LogP) is 16.9. The van der Waals surface area contributed by atoms with Crippen LogP contribution in [0.5, 0.6) is 0 Å². The summed E-state index contributed by atoms with van der Waals surface area (Å²) in [5.74, 6) is 0.237. The van der Waals surface area contributed by atoms with Crippen molar-refractivity contribution in [1.29, 1.82) is 0 Å². The second-order valence-electron chi connectivity index (χ2n) is 16.1. The minimum atomic E-state index is 0.237. The quantitative estimate of drug-likeness (QED) is 0.0903. The average Bonchev–Trinajstić information content (AvgIpc) is 3.34. The summed E-state index contributed by atoms with van der Waals surface area (Å²) in [5, 5.41) is 0. The fraction of sp³-hybridized carbons (Fsp3) is 0.0820. The molecule has 8 aromatic carbocycles. The maximum atomic E-state index is 4.54. The number of rotatable bonds is 17. The van der Waals surface area contributed by atoms with Crippen LogP contribution >= 0.6 is 0 Å². The van der Waals surface area contributed by atoms with Gasteiger partial charge in [0.05, 0.1) is 0 Å². The van der Waals surface area contributed by atoms with E-state index in [9.17, 15) is 0 Å². The molecule has 0 radical (unpaired) electrons. The molecular weight excluding hydrogens is 761 g/mol. The number of aryl methyl sites for hydroxylation is 2. The summed E-state index contributed by atoms with van der Waals surface area (Å²) in [7, 11) is 0. The van der Waals surface area contributed by atoms with Gasteiger partial charge in [-0.15, -0.1) is 0 Å². The van der Waals surface area contributed by atoms with Crippen molar-refractivity contribution in [3.05, 3.63) is 277 Å². The maximum Gasteiger partial charge on any atom is 0.0462 e. The van der Waals surface area contributed by atoms with Crippen LogP contribution in [0.4, 0.5) is 34.1 Å². The average molecular weight is 815 g/mol. The van der Waals surface area contributed by atoms with Crippen LogP contribution in [-0.4, -0.2) is 0 Å². The maximum absolute atomic E-state index is 4.54. The minimum Gasteiger partial charge on any atom is -0.311 e. The Kier molecular flexibility index (Phi) is 13.2. The first kappa shape index (κ1) is 42.0. The van der Waals surface area contributed by atoms with E-state index < -0.39 is 0 Å². The van der Waals surface area contributed by atoms with Crippen molar-refractivity contribution in [2.75, 3.05) is 9.80 Å². The van der Waals surface area contributed by atoms with Crippen LogP contribution in [0.2, 0.25) is 0 Å². The molecule has 0 aromatic heterocycles. The standard InChI is InChI=1S/C61H54N2/c1-6-47-16-27-53(28-17-47)61(43-26-50-24-39-59(40-25-50)63(56-33-14-45(4)15-34-56)58-37-22-49(8-3)23-38-58)54-29-18-51(19-30-54)44-46(5)52-31-41-60(42-32-52)62(55-12-10-9-11-13-55)57-35-20-48(7-2)21-36-57/h6-25,27-42,61H,1-3,5,26,43-44H2,4H3. The second-order valence-corrected chi connectivity index (χ2v) is 16.1. The molecule has 0 heterocycles. The summed E-state index contributed by atoms with van der Waals surface area (Å²) in [6.45, 7) is 18.5. The molecule has 0 N–H and O–H groups in total. The summed E-state index contributed by atoms with van der Waals surface area (Å²) >= 11 is 0. The highest BCUT2D eigenvalue weighted by Crippen LogP contribution is 2.38. The van der Waals surface area contributed by atoms with E-state index >= 15 is 0 Å². The number of hydrogen-bond acceptors (Lipinski definition) is 2. The first-order valence-electron chi connectivity index (χ1n) is 21.7. The van der Waals surface area contributed by atoms with E-state index in [2.05, 4.69) is 243 Å². The van der Waals surface area contributed by atoms with Gasteiger partial charge in [-0.1, -0.05) is 178 Å². The van der Waals surface area contributed by atoms with E-state index in [1.165, 1.54) is 27.8 Å². The highest BCUT2D eigenvalue weighted by molar-refractivity contribution is 5.79. The van der Waals surface area contributed by atoms with E-state index in [1.54, 1.807) is 0 Å². The third-order valence-corrected chi connectivity index (χ3v) is 11.9. The smallest absolute Gasteiger partial charge is 0.0462 e. The summed E-state index contributed by atoms with van der Waals surface area (Å²) in [5.41, 5.74) is 18.6. The fourth-order valence-electron chi connectivity index (χ4n) is 8.26. The summed E-state index contributed by atoms with van der Waals surface area (Å²) in [6, 6.07) is 72.2. The lowest BCUT2D eigenvalue weighted by atomic mass is 9.85. The van der Waals surface area contributed by atoms with Crippen molar-refractivity contribution in [1.82, 2.24) is 0 Å².